The van der Waals surface area contributed by atoms with Crippen molar-refractivity contribution in [3.05, 3.63) is 23.2 Å². The third-order valence-electron chi connectivity index (χ3n) is 3.24. The van der Waals surface area contributed by atoms with Gasteiger partial charge < -0.3 is 9.80 Å². The molecule has 0 aromatic carbocycles. The van der Waals surface area contributed by atoms with E-state index in [9.17, 15) is 4.79 Å². The fourth-order valence-corrected chi connectivity index (χ4v) is 3.13. The van der Waals surface area contributed by atoms with Gasteiger partial charge in [-0.2, -0.15) is 0 Å². The second kappa shape index (κ2) is 3.59. The molecule has 84 valence electrons. The topological polar surface area (TPSA) is 36.4 Å². The molecule has 0 aliphatic carbocycles. The third kappa shape index (κ3) is 1.28. The molecule has 16 heavy (non-hydrogen) atoms. The van der Waals surface area contributed by atoms with Gasteiger partial charge in [0.25, 0.3) is 0 Å². The van der Waals surface area contributed by atoms with E-state index in [1.165, 1.54) is 22.0 Å². The van der Waals surface area contributed by atoms with Crippen LogP contribution in [-0.4, -0.2) is 45.9 Å². The van der Waals surface area contributed by atoms with Crippen LogP contribution in [0.1, 0.15) is 11.8 Å². The summed E-state index contributed by atoms with van der Waals surface area (Å²) in [5, 5.41) is 0. The lowest BCUT2D eigenvalue weighted by atomic mass is 10.0. The first-order chi connectivity index (χ1) is 7.81. The van der Waals surface area contributed by atoms with Crippen molar-refractivity contribution >= 4 is 23.1 Å². The predicted octanol–water partition coefficient (Wildman–Crippen LogP) is 1.67. The van der Waals surface area contributed by atoms with Gasteiger partial charge in [-0.25, -0.2) is 9.17 Å². The Bertz CT molecular complexity index is 440. The zero-order chi connectivity index (χ0) is 11.1. The fraction of sp³-hybridized carbons (Fsp3) is 0.455. The first-order valence-electron chi connectivity index (χ1n) is 5.48. The van der Waals surface area contributed by atoms with Crippen LogP contribution < -0.4 is 0 Å². The lowest BCUT2D eigenvalue weighted by molar-refractivity contribution is 0.196. The molecule has 0 saturated carbocycles. The van der Waals surface area contributed by atoms with Crippen molar-refractivity contribution in [2.75, 3.05) is 19.6 Å². The summed E-state index contributed by atoms with van der Waals surface area (Å²) in [5.41, 5.74) is 1.27. The van der Waals surface area contributed by atoms with Crippen molar-refractivity contribution < 1.29 is 4.79 Å². The van der Waals surface area contributed by atoms with Crippen molar-refractivity contribution in [2.24, 2.45) is 0 Å². The van der Waals surface area contributed by atoms with Crippen LogP contribution in [0.25, 0.3) is 5.57 Å². The molecule has 1 fully saturated rings. The van der Waals surface area contributed by atoms with Crippen LogP contribution in [0, 0.1) is 0 Å². The Balaban J connectivity index is 1.98. The Labute approximate surface area is 98.3 Å². The molecule has 0 N–H and O–H groups in total. The molecule has 1 unspecified atom stereocenters. The van der Waals surface area contributed by atoms with E-state index in [0.29, 0.717) is 0 Å². The molecule has 5 heteroatoms. The van der Waals surface area contributed by atoms with Gasteiger partial charge in [0.1, 0.15) is 0 Å². The first kappa shape index (κ1) is 9.84. The predicted molar refractivity (Wildman–Crippen MR) is 63.2 cm³/mol. The number of carbonyl (C=O) groups excluding carboxylic acids is 1. The number of carbonyl (C=O) groups is 1. The molecule has 1 saturated heterocycles. The zero-order valence-electron chi connectivity index (χ0n) is 9.09. The number of nitrogens with zero attached hydrogens (tertiary/aromatic N) is 3. The lowest BCUT2D eigenvalue weighted by Crippen LogP contribution is -2.33. The molecular weight excluding hydrogens is 222 g/mol. The molecule has 2 amide bonds. The number of likely N-dealkylation sites (N-methyl/N-ethyl adjacent to an activating group) is 1. The Morgan fingerprint density at radius 3 is 3.19 bits per heavy atom. The van der Waals surface area contributed by atoms with Crippen molar-refractivity contribution in [1.29, 1.82) is 0 Å². The zero-order valence-corrected chi connectivity index (χ0v) is 9.91. The molecule has 2 aliphatic heterocycles. The van der Waals surface area contributed by atoms with E-state index in [0.717, 1.165) is 19.6 Å². The van der Waals surface area contributed by atoms with E-state index in [4.69, 9.17) is 0 Å². The van der Waals surface area contributed by atoms with Gasteiger partial charge in [0, 0.05) is 25.8 Å². The first-order valence-corrected chi connectivity index (χ1v) is 6.25. The average Bonchev–Trinajstić information content (AvgIpc) is 2.89. The van der Waals surface area contributed by atoms with E-state index in [2.05, 4.69) is 10.4 Å². The number of amides is 2. The number of urea groups is 1. The van der Waals surface area contributed by atoms with Gasteiger partial charge in [-0.1, -0.05) is 6.08 Å². The number of rotatable bonds is 2. The highest BCUT2D eigenvalue weighted by atomic mass is 32.1. The van der Waals surface area contributed by atoms with Gasteiger partial charge in [-0.05, 0) is 30.1 Å². The summed E-state index contributed by atoms with van der Waals surface area (Å²) in [6.45, 7) is 4.37. The van der Waals surface area contributed by atoms with E-state index in [1.807, 2.05) is 29.0 Å². The molecule has 3 heterocycles. The van der Waals surface area contributed by atoms with Gasteiger partial charge in [-0.15, -0.1) is 0 Å². The summed E-state index contributed by atoms with van der Waals surface area (Å²) in [7, 11) is 0. The van der Waals surface area contributed by atoms with Crippen LogP contribution in [0.5, 0.6) is 0 Å². The van der Waals surface area contributed by atoms with Gasteiger partial charge in [0.05, 0.1) is 10.9 Å². The quantitative estimate of drug-likeness (QED) is 0.781. The minimum atomic E-state index is 0.170. The fourth-order valence-electron chi connectivity index (χ4n) is 2.45. The molecular formula is C11H13N3OS. The monoisotopic (exact) mass is 235 g/mol. The molecule has 4 nitrogen and oxygen atoms in total. The third-order valence-corrected chi connectivity index (χ3v) is 4.03. The molecule has 1 aromatic rings. The minimum Gasteiger partial charge on any atom is -0.318 e. The SMILES string of the molecule is CCN1C(=O)N2CC=C(c3ccns3)C1C2. The normalized spacial score (nSPS) is 23.9. The van der Waals surface area contributed by atoms with Crippen LogP contribution in [0.15, 0.2) is 18.3 Å². The molecule has 1 aromatic heterocycles. The average molecular weight is 235 g/mol. The highest BCUT2D eigenvalue weighted by Crippen LogP contribution is 2.33. The molecule has 0 spiro atoms. The number of aromatic nitrogens is 1. The van der Waals surface area contributed by atoms with Gasteiger partial charge in [0.15, 0.2) is 0 Å². The molecule has 2 aliphatic rings. The smallest absolute Gasteiger partial charge is 0.318 e. The standard InChI is InChI=1S/C11H13N3OS/c1-2-14-9-7-13(11(14)15)6-4-8(9)10-3-5-12-16-10/h3-5,9H,2,6-7H2,1H3. The summed E-state index contributed by atoms with van der Waals surface area (Å²) in [6, 6.07) is 2.43. The second-order valence-electron chi connectivity index (χ2n) is 4.03. The van der Waals surface area contributed by atoms with Gasteiger partial charge in [0.2, 0.25) is 0 Å². The Hall–Kier alpha value is -1.36. The van der Waals surface area contributed by atoms with Crippen molar-refractivity contribution in [3.8, 4) is 0 Å². The molecule has 3 rings (SSSR count). The molecule has 0 radical (unpaired) electrons. The summed E-state index contributed by atoms with van der Waals surface area (Å²) >= 11 is 1.51. The number of hydrogen-bond acceptors (Lipinski definition) is 3. The van der Waals surface area contributed by atoms with E-state index in [-0.39, 0.29) is 12.1 Å². The van der Waals surface area contributed by atoms with E-state index < -0.39 is 0 Å². The van der Waals surface area contributed by atoms with Crippen LogP contribution in [-0.2, 0) is 0 Å². The van der Waals surface area contributed by atoms with Gasteiger partial charge >= 0.3 is 6.03 Å². The maximum absolute atomic E-state index is 11.9. The van der Waals surface area contributed by atoms with E-state index >= 15 is 0 Å². The molecule has 1 atom stereocenters. The maximum Gasteiger partial charge on any atom is 0.320 e. The largest absolute Gasteiger partial charge is 0.320 e. The van der Waals surface area contributed by atoms with E-state index in [1.54, 1.807) is 0 Å². The van der Waals surface area contributed by atoms with Crippen molar-refractivity contribution in [1.82, 2.24) is 14.2 Å². The highest BCUT2D eigenvalue weighted by molar-refractivity contribution is 7.07. The Morgan fingerprint density at radius 1 is 1.62 bits per heavy atom. The van der Waals surface area contributed by atoms with Gasteiger partial charge in [-0.3, -0.25) is 0 Å². The van der Waals surface area contributed by atoms with Crippen LogP contribution in [0.4, 0.5) is 4.79 Å². The van der Waals surface area contributed by atoms with Crippen molar-refractivity contribution in [2.45, 2.75) is 13.0 Å². The number of fused-ring (bicyclic) bond motifs is 2. The maximum atomic E-state index is 11.9. The van der Waals surface area contributed by atoms with Crippen molar-refractivity contribution in [3.63, 3.8) is 0 Å². The van der Waals surface area contributed by atoms with Crippen LogP contribution in [0.3, 0.4) is 0 Å². The summed E-state index contributed by atoms with van der Waals surface area (Å²) in [5.74, 6) is 0. The number of hydrogen-bond donors (Lipinski definition) is 0. The minimum absolute atomic E-state index is 0.170. The second-order valence-corrected chi connectivity index (χ2v) is 4.86. The molecule has 2 bridgehead atoms. The summed E-state index contributed by atoms with van der Waals surface area (Å²) in [4.78, 5) is 17.0. The lowest BCUT2D eigenvalue weighted by Gasteiger charge is -2.23. The van der Waals surface area contributed by atoms with Crippen LogP contribution in [0.2, 0.25) is 0 Å². The highest BCUT2D eigenvalue weighted by Gasteiger charge is 2.40. The summed E-state index contributed by atoms with van der Waals surface area (Å²) < 4.78 is 4.13. The van der Waals surface area contributed by atoms with Crippen LogP contribution >= 0.6 is 11.5 Å². The summed E-state index contributed by atoms with van der Waals surface area (Å²) in [6.07, 6.45) is 3.98. The Morgan fingerprint density at radius 2 is 2.50 bits per heavy atom. The Kier molecular flexibility index (Phi) is 2.21.